The lowest BCUT2D eigenvalue weighted by Crippen LogP contribution is -2.41. The maximum absolute atomic E-state index is 13.2. The molecule has 4 rings (SSSR count). The van der Waals surface area contributed by atoms with Gasteiger partial charge in [-0.1, -0.05) is 6.07 Å². The van der Waals surface area contributed by atoms with Crippen LogP contribution < -0.4 is 10.9 Å². The van der Waals surface area contributed by atoms with Crippen molar-refractivity contribution in [2.24, 2.45) is 0 Å². The van der Waals surface area contributed by atoms with Gasteiger partial charge in [-0.05, 0) is 55.5 Å². The van der Waals surface area contributed by atoms with Gasteiger partial charge in [-0.3, -0.25) is 20.4 Å². The number of fused-ring (bicyclic) bond motifs is 1. The predicted molar refractivity (Wildman–Crippen MR) is 107 cm³/mol. The van der Waals surface area contributed by atoms with E-state index in [2.05, 4.69) is 16.0 Å². The van der Waals surface area contributed by atoms with E-state index in [0.29, 0.717) is 10.6 Å². The van der Waals surface area contributed by atoms with E-state index in [0.717, 1.165) is 15.9 Å². The minimum absolute atomic E-state index is 0.0469. The molecule has 2 amide bonds. The summed E-state index contributed by atoms with van der Waals surface area (Å²) >= 11 is 1.21. The van der Waals surface area contributed by atoms with E-state index < -0.39 is 11.8 Å². The highest BCUT2D eigenvalue weighted by molar-refractivity contribution is 7.20. The van der Waals surface area contributed by atoms with E-state index in [4.69, 9.17) is 0 Å². The van der Waals surface area contributed by atoms with E-state index in [-0.39, 0.29) is 17.1 Å². The summed E-state index contributed by atoms with van der Waals surface area (Å²) in [6, 6.07) is 13.4. The predicted octanol–water partition coefficient (Wildman–Crippen LogP) is 3.31. The fraction of sp³-hybridized carbons (Fsp3) is 0.0500. The first kappa shape index (κ1) is 18.6. The Hall–Kier alpha value is -3.72. The highest BCUT2D eigenvalue weighted by Gasteiger charge is 2.18. The summed E-state index contributed by atoms with van der Waals surface area (Å²) in [7, 11) is 0. The van der Waals surface area contributed by atoms with E-state index in [9.17, 15) is 19.1 Å². The van der Waals surface area contributed by atoms with Crippen LogP contribution in [0.25, 0.3) is 15.9 Å². The van der Waals surface area contributed by atoms with Crippen molar-refractivity contribution in [3.8, 4) is 11.4 Å². The van der Waals surface area contributed by atoms with Gasteiger partial charge in [0.05, 0.1) is 16.3 Å². The molecule has 0 saturated heterocycles. The first-order valence-corrected chi connectivity index (χ1v) is 9.39. The number of nitrogens with one attached hydrogen (secondary N) is 2. The number of phenols is 1. The molecule has 0 aliphatic rings. The Balaban J connectivity index is 1.55. The van der Waals surface area contributed by atoms with Crippen molar-refractivity contribution in [1.29, 1.82) is 0 Å². The number of carbonyl (C=O) groups excluding carboxylic acids is 2. The first-order chi connectivity index (χ1) is 13.9. The molecule has 2 aromatic heterocycles. The molecule has 0 saturated carbocycles. The summed E-state index contributed by atoms with van der Waals surface area (Å²) in [6.45, 7) is 1.82. The molecule has 3 N–H and O–H groups in total. The van der Waals surface area contributed by atoms with E-state index >= 15 is 0 Å². The summed E-state index contributed by atoms with van der Waals surface area (Å²) in [5.41, 5.74) is 6.30. The zero-order valence-electron chi connectivity index (χ0n) is 15.1. The molecule has 0 aliphatic carbocycles. The van der Waals surface area contributed by atoms with Crippen LogP contribution in [0.3, 0.4) is 0 Å². The molecule has 0 radical (unpaired) electrons. The highest BCUT2D eigenvalue weighted by atomic mass is 32.1. The van der Waals surface area contributed by atoms with Crippen molar-refractivity contribution < 1.29 is 19.1 Å². The molecule has 0 unspecified atom stereocenters. The van der Waals surface area contributed by atoms with Gasteiger partial charge in [-0.2, -0.15) is 5.10 Å². The summed E-state index contributed by atoms with van der Waals surface area (Å²) in [4.78, 5) is 25.7. The lowest BCUT2D eigenvalue weighted by atomic mass is 10.2. The normalized spacial score (nSPS) is 10.8. The van der Waals surface area contributed by atoms with Crippen LogP contribution in [0.4, 0.5) is 4.39 Å². The Morgan fingerprint density at radius 2 is 1.79 bits per heavy atom. The Morgan fingerprint density at radius 3 is 2.52 bits per heavy atom. The maximum Gasteiger partial charge on any atom is 0.279 e. The van der Waals surface area contributed by atoms with Gasteiger partial charge < -0.3 is 5.11 Å². The zero-order valence-corrected chi connectivity index (χ0v) is 16.0. The molecule has 0 bridgehead atoms. The van der Waals surface area contributed by atoms with Crippen molar-refractivity contribution in [2.75, 3.05) is 0 Å². The Labute approximate surface area is 168 Å². The zero-order chi connectivity index (χ0) is 20.5. The molecular formula is C20H15FN4O3S. The maximum atomic E-state index is 13.2. The lowest BCUT2D eigenvalue weighted by Gasteiger charge is -2.06. The Morgan fingerprint density at radius 1 is 1.07 bits per heavy atom. The van der Waals surface area contributed by atoms with Crippen molar-refractivity contribution in [3.05, 3.63) is 76.5 Å². The van der Waals surface area contributed by atoms with Crippen LogP contribution in [0.5, 0.6) is 5.75 Å². The van der Waals surface area contributed by atoms with Crippen LogP contribution >= 0.6 is 11.3 Å². The summed E-state index contributed by atoms with van der Waals surface area (Å²) in [5.74, 6) is -1.43. The van der Waals surface area contributed by atoms with Crippen molar-refractivity contribution >= 4 is 33.4 Å². The van der Waals surface area contributed by atoms with Crippen molar-refractivity contribution in [2.45, 2.75) is 6.92 Å². The number of aryl methyl sites for hydroxylation is 1. The van der Waals surface area contributed by atoms with Crippen LogP contribution in [0.1, 0.15) is 25.7 Å². The number of aromatic hydroxyl groups is 1. The topological polar surface area (TPSA) is 96.3 Å². The fourth-order valence-corrected chi connectivity index (χ4v) is 3.89. The fourth-order valence-electron chi connectivity index (χ4n) is 2.81. The largest absolute Gasteiger partial charge is 0.508 e. The molecule has 7 nitrogen and oxygen atoms in total. The lowest BCUT2D eigenvalue weighted by molar-refractivity contribution is 0.0849. The first-order valence-electron chi connectivity index (χ1n) is 8.57. The number of thiophene rings is 1. The number of rotatable bonds is 3. The second kappa shape index (κ2) is 7.36. The molecule has 0 aliphatic heterocycles. The average molecular weight is 410 g/mol. The highest BCUT2D eigenvalue weighted by Crippen LogP contribution is 2.30. The van der Waals surface area contributed by atoms with Crippen LogP contribution in [-0.4, -0.2) is 26.7 Å². The standard InChI is InChI=1S/C20H15FN4O3S/c1-11-16-10-17(19(28)23-22-18(27)12-3-2-4-15(26)9-12)29-20(16)25(24-11)14-7-5-13(21)6-8-14/h2-10,26H,1H3,(H,22,27)(H,23,28). The summed E-state index contributed by atoms with van der Waals surface area (Å²) in [5, 5.41) is 14.7. The SMILES string of the molecule is Cc1nn(-c2ccc(F)cc2)c2sc(C(=O)NNC(=O)c3cccc(O)c3)cc12. The number of halogens is 1. The number of phenolic OH excluding ortho intramolecular Hbond substituents is 1. The third-order valence-electron chi connectivity index (χ3n) is 4.24. The van der Waals surface area contributed by atoms with Gasteiger partial charge in [-0.25, -0.2) is 9.07 Å². The van der Waals surface area contributed by atoms with E-state index in [1.54, 1.807) is 22.9 Å². The smallest absolute Gasteiger partial charge is 0.279 e. The van der Waals surface area contributed by atoms with E-state index in [1.165, 1.54) is 47.7 Å². The van der Waals surface area contributed by atoms with Crippen LogP contribution in [0.2, 0.25) is 0 Å². The van der Waals surface area contributed by atoms with Crippen LogP contribution in [-0.2, 0) is 0 Å². The number of nitrogens with zero attached hydrogens (tertiary/aromatic N) is 2. The summed E-state index contributed by atoms with van der Waals surface area (Å²) in [6.07, 6.45) is 0. The number of amides is 2. The minimum atomic E-state index is -0.552. The van der Waals surface area contributed by atoms with Gasteiger partial charge in [0.25, 0.3) is 11.8 Å². The Kier molecular flexibility index (Phi) is 4.73. The molecule has 0 fully saturated rings. The van der Waals surface area contributed by atoms with Gasteiger partial charge in [-0.15, -0.1) is 11.3 Å². The van der Waals surface area contributed by atoms with E-state index in [1.807, 2.05) is 6.92 Å². The van der Waals surface area contributed by atoms with Gasteiger partial charge >= 0.3 is 0 Å². The second-order valence-corrected chi connectivity index (χ2v) is 7.29. The molecule has 146 valence electrons. The number of benzene rings is 2. The molecule has 4 aromatic rings. The van der Waals surface area contributed by atoms with Crippen molar-refractivity contribution in [1.82, 2.24) is 20.6 Å². The average Bonchev–Trinajstić information content (AvgIpc) is 3.27. The van der Waals surface area contributed by atoms with Crippen LogP contribution in [0, 0.1) is 12.7 Å². The number of carbonyl (C=O) groups is 2. The second-order valence-electron chi connectivity index (χ2n) is 6.26. The third-order valence-corrected chi connectivity index (χ3v) is 5.35. The molecule has 0 spiro atoms. The number of hydrogen-bond donors (Lipinski definition) is 3. The molecule has 0 atom stereocenters. The van der Waals surface area contributed by atoms with Gasteiger partial charge in [0.2, 0.25) is 0 Å². The number of aromatic nitrogens is 2. The van der Waals surface area contributed by atoms with Crippen LogP contribution in [0.15, 0.2) is 54.6 Å². The van der Waals surface area contributed by atoms with Crippen molar-refractivity contribution in [3.63, 3.8) is 0 Å². The molecule has 29 heavy (non-hydrogen) atoms. The number of hydrazine groups is 1. The summed E-state index contributed by atoms with van der Waals surface area (Å²) < 4.78 is 14.8. The number of hydrogen-bond acceptors (Lipinski definition) is 5. The minimum Gasteiger partial charge on any atom is -0.508 e. The van der Waals surface area contributed by atoms with Gasteiger partial charge in [0.15, 0.2) is 0 Å². The third kappa shape index (κ3) is 3.67. The molecular weight excluding hydrogens is 395 g/mol. The Bertz CT molecular complexity index is 1230. The van der Waals surface area contributed by atoms with Gasteiger partial charge in [0.1, 0.15) is 16.4 Å². The van der Waals surface area contributed by atoms with Gasteiger partial charge in [0, 0.05) is 10.9 Å². The molecule has 2 aromatic carbocycles. The molecule has 9 heteroatoms. The quantitative estimate of drug-likeness (QED) is 0.452. The monoisotopic (exact) mass is 410 g/mol. The molecule has 2 heterocycles.